The van der Waals surface area contributed by atoms with Gasteiger partial charge in [-0.1, -0.05) is 0 Å². The molecule has 0 aromatic carbocycles. The van der Waals surface area contributed by atoms with Crippen molar-refractivity contribution < 1.29 is 4.74 Å². The van der Waals surface area contributed by atoms with E-state index in [1.807, 2.05) is 14.1 Å². The molecule has 0 amide bonds. The summed E-state index contributed by atoms with van der Waals surface area (Å²) in [6.07, 6.45) is 0. The second-order valence-electron chi connectivity index (χ2n) is 3.36. The summed E-state index contributed by atoms with van der Waals surface area (Å²) in [7, 11) is 3.75. The second-order valence-corrected chi connectivity index (χ2v) is 4.26. The molecule has 3 rings (SSSR count). The summed E-state index contributed by atoms with van der Waals surface area (Å²) < 4.78 is 7.44. The zero-order valence-corrected chi connectivity index (χ0v) is 9.80. The van der Waals surface area contributed by atoms with E-state index in [9.17, 15) is 0 Å². The Kier molecular flexibility index (Phi) is 3.35. The standard InChI is InChI=1S/C8H8N2OS.C2H7N/c1-4-12-8-6(1)7-5-11-3-2-10(7)9-8;1-3-2/h1,4H,2-3,5H2;3H,1-2H3. The third kappa shape index (κ3) is 2.04. The fraction of sp³-hybridized carbons (Fsp3) is 0.500. The largest absolute Gasteiger partial charge is 0.373 e. The van der Waals surface area contributed by atoms with Crippen LogP contribution in [0.1, 0.15) is 5.69 Å². The summed E-state index contributed by atoms with van der Waals surface area (Å²) in [4.78, 5) is 1.13. The Hall–Kier alpha value is -0.910. The SMILES string of the molecule is CNC.c1cc2c3n(nc2s1)CCOC3. The van der Waals surface area contributed by atoms with Crippen LogP contribution in [0, 0.1) is 0 Å². The van der Waals surface area contributed by atoms with Crippen LogP contribution in [0.5, 0.6) is 0 Å². The van der Waals surface area contributed by atoms with Gasteiger partial charge in [-0.25, -0.2) is 0 Å². The molecule has 15 heavy (non-hydrogen) atoms. The van der Waals surface area contributed by atoms with Crippen LogP contribution in [0.15, 0.2) is 11.4 Å². The summed E-state index contributed by atoms with van der Waals surface area (Å²) >= 11 is 1.69. The van der Waals surface area contributed by atoms with E-state index >= 15 is 0 Å². The molecule has 0 unspecified atom stereocenters. The van der Waals surface area contributed by atoms with Gasteiger partial charge in [0.25, 0.3) is 0 Å². The van der Waals surface area contributed by atoms with Crippen LogP contribution in [0.25, 0.3) is 10.2 Å². The van der Waals surface area contributed by atoms with Gasteiger partial charge < -0.3 is 10.1 Å². The topological polar surface area (TPSA) is 39.1 Å². The molecule has 3 heterocycles. The van der Waals surface area contributed by atoms with Crippen LogP contribution in [0.3, 0.4) is 0 Å². The molecular formula is C10H15N3OS. The molecule has 0 radical (unpaired) electrons. The molecule has 1 aliphatic rings. The minimum atomic E-state index is 0.716. The molecule has 82 valence electrons. The van der Waals surface area contributed by atoms with Crippen LogP contribution in [0.4, 0.5) is 0 Å². The number of nitrogens with one attached hydrogen (secondary N) is 1. The predicted molar refractivity (Wildman–Crippen MR) is 62.2 cm³/mol. The van der Waals surface area contributed by atoms with Gasteiger partial charge in [-0.2, -0.15) is 5.10 Å². The lowest BCUT2D eigenvalue weighted by Gasteiger charge is -2.13. The van der Waals surface area contributed by atoms with Gasteiger partial charge in [-0.3, -0.25) is 4.68 Å². The Morgan fingerprint density at radius 1 is 1.53 bits per heavy atom. The highest BCUT2D eigenvalue weighted by Gasteiger charge is 2.15. The van der Waals surface area contributed by atoms with Crippen LogP contribution >= 0.6 is 11.3 Å². The highest BCUT2D eigenvalue weighted by molar-refractivity contribution is 7.16. The third-order valence-electron chi connectivity index (χ3n) is 2.17. The van der Waals surface area contributed by atoms with Gasteiger partial charge in [0.05, 0.1) is 25.5 Å². The van der Waals surface area contributed by atoms with Gasteiger partial charge in [-0.15, -0.1) is 11.3 Å². The second kappa shape index (κ2) is 4.74. The van der Waals surface area contributed by atoms with E-state index in [0.29, 0.717) is 6.61 Å². The molecule has 2 aromatic rings. The summed E-state index contributed by atoms with van der Waals surface area (Å²) in [6, 6.07) is 2.12. The maximum Gasteiger partial charge on any atom is 0.145 e. The van der Waals surface area contributed by atoms with Crippen LogP contribution in [-0.2, 0) is 17.9 Å². The van der Waals surface area contributed by atoms with E-state index < -0.39 is 0 Å². The van der Waals surface area contributed by atoms with Crippen LogP contribution in [-0.4, -0.2) is 30.5 Å². The van der Waals surface area contributed by atoms with E-state index in [4.69, 9.17) is 4.74 Å². The van der Waals surface area contributed by atoms with Crippen molar-refractivity contribution in [3.05, 3.63) is 17.1 Å². The monoisotopic (exact) mass is 225 g/mol. The van der Waals surface area contributed by atoms with Crippen molar-refractivity contribution in [1.82, 2.24) is 15.1 Å². The lowest BCUT2D eigenvalue weighted by Crippen LogP contribution is -2.17. The molecule has 1 N–H and O–H groups in total. The fourth-order valence-corrected chi connectivity index (χ4v) is 2.36. The van der Waals surface area contributed by atoms with Gasteiger partial charge >= 0.3 is 0 Å². The van der Waals surface area contributed by atoms with Crippen molar-refractivity contribution in [1.29, 1.82) is 0 Å². The molecule has 2 aromatic heterocycles. The minimum Gasteiger partial charge on any atom is -0.373 e. The van der Waals surface area contributed by atoms with E-state index in [-0.39, 0.29) is 0 Å². The van der Waals surface area contributed by atoms with Gasteiger partial charge in [0.15, 0.2) is 0 Å². The molecular weight excluding hydrogens is 210 g/mol. The zero-order valence-electron chi connectivity index (χ0n) is 8.99. The Morgan fingerprint density at radius 2 is 2.33 bits per heavy atom. The lowest BCUT2D eigenvalue weighted by molar-refractivity contribution is 0.0812. The molecule has 0 spiro atoms. The first kappa shape index (κ1) is 10.6. The summed E-state index contributed by atoms with van der Waals surface area (Å²) in [5.74, 6) is 0. The molecule has 0 fully saturated rings. The van der Waals surface area contributed by atoms with Crippen molar-refractivity contribution in [3.63, 3.8) is 0 Å². The average Bonchev–Trinajstić information content (AvgIpc) is 2.78. The highest BCUT2D eigenvalue weighted by atomic mass is 32.1. The quantitative estimate of drug-likeness (QED) is 0.738. The molecule has 0 aliphatic carbocycles. The normalized spacial score (nSPS) is 14.5. The summed E-state index contributed by atoms with van der Waals surface area (Å²) in [5.41, 5.74) is 1.23. The average molecular weight is 225 g/mol. The molecule has 5 heteroatoms. The molecule has 0 saturated carbocycles. The first-order valence-electron chi connectivity index (χ1n) is 4.96. The minimum absolute atomic E-state index is 0.716. The number of thiophene rings is 1. The number of aromatic nitrogens is 2. The number of rotatable bonds is 0. The number of hydrogen-bond donors (Lipinski definition) is 1. The molecule has 0 atom stereocenters. The van der Waals surface area contributed by atoms with E-state index in [1.165, 1.54) is 11.1 Å². The van der Waals surface area contributed by atoms with Crippen molar-refractivity contribution in [2.45, 2.75) is 13.2 Å². The summed E-state index contributed by atoms with van der Waals surface area (Å²) in [5, 5.41) is 10.6. The van der Waals surface area contributed by atoms with Crippen LogP contribution < -0.4 is 5.32 Å². The number of fused-ring (bicyclic) bond motifs is 3. The molecule has 1 aliphatic heterocycles. The maximum atomic E-state index is 5.38. The molecule has 4 nitrogen and oxygen atoms in total. The Balaban J connectivity index is 0.000000258. The predicted octanol–water partition coefficient (Wildman–Crippen LogP) is 1.46. The summed E-state index contributed by atoms with van der Waals surface area (Å²) in [6.45, 7) is 2.41. The van der Waals surface area contributed by atoms with E-state index in [1.54, 1.807) is 11.3 Å². The smallest absolute Gasteiger partial charge is 0.145 e. The Labute approximate surface area is 92.8 Å². The van der Waals surface area contributed by atoms with Crippen LogP contribution in [0.2, 0.25) is 0 Å². The molecule has 0 bridgehead atoms. The van der Waals surface area contributed by atoms with Crippen molar-refractivity contribution in [2.24, 2.45) is 0 Å². The number of hydrogen-bond acceptors (Lipinski definition) is 4. The molecule has 0 saturated heterocycles. The van der Waals surface area contributed by atoms with Crippen molar-refractivity contribution in [2.75, 3.05) is 20.7 Å². The maximum absolute atomic E-state index is 5.38. The first-order valence-corrected chi connectivity index (χ1v) is 5.84. The third-order valence-corrected chi connectivity index (χ3v) is 2.96. The lowest BCUT2D eigenvalue weighted by atomic mass is 10.3. The fourth-order valence-electron chi connectivity index (χ4n) is 1.56. The number of ether oxygens (including phenoxy) is 1. The zero-order chi connectivity index (χ0) is 10.7. The number of nitrogens with zero attached hydrogens (tertiary/aromatic N) is 2. The highest BCUT2D eigenvalue weighted by Crippen LogP contribution is 2.25. The van der Waals surface area contributed by atoms with Gasteiger partial charge in [-0.05, 0) is 25.5 Å². The Morgan fingerprint density at radius 3 is 3.13 bits per heavy atom. The van der Waals surface area contributed by atoms with Crippen molar-refractivity contribution >= 4 is 21.6 Å². The first-order chi connectivity index (χ1) is 7.36. The van der Waals surface area contributed by atoms with Gasteiger partial charge in [0.2, 0.25) is 0 Å². The van der Waals surface area contributed by atoms with Gasteiger partial charge in [0, 0.05) is 5.39 Å². The van der Waals surface area contributed by atoms with Crippen molar-refractivity contribution in [3.8, 4) is 0 Å². The Bertz CT molecular complexity index is 435. The van der Waals surface area contributed by atoms with E-state index in [0.717, 1.165) is 18.0 Å². The van der Waals surface area contributed by atoms with E-state index in [2.05, 4.69) is 26.5 Å². The van der Waals surface area contributed by atoms with Gasteiger partial charge in [0.1, 0.15) is 4.83 Å².